The van der Waals surface area contributed by atoms with Gasteiger partial charge in [-0.2, -0.15) is 5.10 Å². The average molecular weight is 417 g/mol. The molecule has 5 nitrogen and oxygen atoms in total. The largest absolute Gasteiger partial charge is 0.382 e. The van der Waals surface area contributed by atoms with Crippen molar-refractivity contribution in [3.8, 4) is 12.3 Å². The summed E-state index contributed by atoms with van der Waals surface area (Å²) in [6.07, 6.45) is 8.23. The van der Waals surface area contributed by atoms with Crippen molar-refractivity contribution in [3.63, 3.8) is 0 Å². The minimum Gasteiger partial charge on any atom is -0.382 e. The zero-order valence-electron chi connectivity index (χ0n) is 15.5. The molecule has 0 aliphatic heterocycles. The molecule has 1 N–H and O–H groups in total. The summed E-state index contributed by atoms with van der Waals surface area (Å²) in [7, 11) is 0. The van der Waals surface area contributed by atoms with Crippen LogP contribution in [0.5, 0.6) is 0 Å². The summed E-state index contributed by atoms with van der Waals surface area (Å²) in [4.78, 5) is 5.65. The third kappa shape index (κ3) is 5.39. The van der Waals surface area contributed by atoms with E-state index in [2.05, 4.69) is 16.0 Å². The van der Waals surface area contributed by atoms with Crippen molar-refractivity contribution in [2.45, 2.75) is 18.7 Å². The number of hydrogen-bond donors (Lipinski definition) is 1. The van der Waals surface area contributed by atoms with Gasteiger partial charge in [0.05, 0.1) is 13.1 Å². The number of halogens is 3. The molecule has 0 radical (unpaired) electrons. The van der Waals surface area contributed by atoms with Crippen LogP contribution in [0, 0.1) is 24.0 Å². The predicted octanol–water partition coefficient (Wildman–Crippen LogP) is 3.23. The van der Waals surface area contributed by atoms with E-state index in [9.17, 15) is 13.9 Å². The Morgan fingerprint density at radius 2 is 1.97 bits per heavy atom. The molecule has 0 amide bonds. The van der Waals surface area contributed by atoms with Crippen molar-refractivity contribution in [1.82, 2.24) is 19.7 Å². The second kappa shape index (κ2) is 9.14. The molecule has 0 aliphatic carbocycles. The van der Waals surface area contributed by atoms with Crippen LogP contribution in [-0.2, 0) is 18.7 Å². The lowest BCUT2D eigenvalue weighted by molar-refractivity contribution is -0.0205. The van der Waals surface area contributed by atoms with E-state index in [1.807, 2.05) is 12.1 Å². The molecule has 8 heteroatoms. The third-order valence-electron chi connectivity index (χ3n) is 4.44. The van der Waals surface area contributed by atoms with Gasteiger partial charge in [-0.3, -0.25) is 4.90 Å². The van der Waals surface area contributed by atoms with Crippen LogP contribution >= 0.6 is 11.6 Å². The fraction of sp³-hybridized carbons (Fsp3) is 0.238. The summed E-state index contributed by atoms with van der Waals surface area (Å²) >= 11 is 5.93. The van der Waals surface area contributed by atoms with E-state index >= 15 is 0 Å². The van der Waals surface area contributed by atoms with E-state index in [0.29, 0.717) is 11.6 Å². The van der Waals surface area contributed by atoms with Crippen LogP contribution in [0.15, 0.2) is 55.1 Å². The Balaban J connectivity index is 1.92. The van der Waals surface area contributed by atoms with E-state index in [-0.39, 0.29) is 25.2 Å². The van der Waals surface area contributed by atoms with Crippen LogP contribution < -0.4 is 0 Å². The molecule has 3 rings (SSSR count). The Hall–Kier alpha value is -2.79. The Bertz CT molecular complexity index is 989. The molecule has 1 atom stereocenters. The summed E-state index contributed by atoms with van der Waals surface area (Å²) in [5.41, 5.74) is -0.853. The van der Waals surface area contributed by atoms with Crippen molar-refractivity contribution in [2.24, 2.45) is 0 Å². The van der Waals surface area contributed by atoms with Crippen LogP contribution in [-0.4, -0.2) is 37.9 Å². The van der Waals surface area contributed by atoms with Crippen molar-refractivity contribution >= 4 is 11.6 Å². The predicted molar refractivity (Wildman–Crippen MR) is 106 cm³/mol. The molecule has 150 valence electrons. The lowest BCUT2D eigenvalue weighted by Gasteiger charge is -2.34. The number of nitrogens with zero attached hydrogens (tertiary/aromatic N) is 4. The van der Waals surface area contributed by atoms with Gasteiger partial charge in [0.2, 0.25) is 0 Å². The minimum atomic E-state index is -1.73. The number of benzene rings is 2. The summed E-state index contributed by atoms with van der Waals surface area (Å²) < 4.78 is 29.4. The van der Waals surface area contributed by atoms with Crippen molar-refractivity contribution in [3.05, 3.63) is 82.9 Å². The van der Waals surface area contributed by atoms with Gasteiger partial charge in [-0.25, -0.2) is 18.4 Å². The van der Waals surface area contributed by atoms with E-state index in [1.165, 1.54) is 23.4 Å². The van der Waals surface area contributed by atoms with Gasteiger partial charge in [-0.15, -0.1) is 6.42 Å². The standard InChI is InChI=1S/C21H19ClF2N4O/c1-2-9-27(11-16-3-5-17(22)6-4-16)12-21(29,13-28-15-25-14-26-28)19-8-7-18(23)10-20(19)24/h1,3-8,10,14-15,29H,9,11-13H2. The molecule has 0 spiro atoms. The van der Waals surface area contributed by atoms with Crippen molar-refractivity contribution in [1.29, 1.82) is 0 Å². The third-order valence-corrected chi connectivity index (χ3v) is 4.69. The highest BCUT2D eigenvalue weighted by Crippen LogP contribution is 2.28. The zero-order chi connectivity index (χ0) is 20.9. The summed E-state index contributed by atoms with van der Waals surface area (Å²) in [5, 5.41) is 16.1. The van der Waals surface area contributed by atoms with Crippen LogP contribution in [0.1, 0.15) is 11.1 Å². The normalized spacial score (nSPS) is 13.2. The van der Waals surface area contributed by atoms with Crippen LogP contribution in [0.2, 0.25) is 5.02 Å². The highest BCUT2D eigenvalue weighted by atomic mass is 35.5. The second-order valence-electron chi connectivity index (χ2n) is 6.72. The Kier molecular flexibility index (Phi) is 6.60. The van der Waals surface area contributed by atoms with Crippen LogP contribution in [0.25, 0.3) is 0 Å². The fourth-order valence-corrected chi connectivity index (χ4v) is 3.31. The molecule has 0 fully saturated rings. The Labute approximate surface area is 172 Å². The zero-order valence-corrected chi connectivity index (χ0v) is 16.2. The number of aliphatic hydroxyl groups is 1. The monoisotopic (exact) mass is 416 g/mol. The molecule has 0 saturated heterocycles. The van der Waals surface area contributed by atoms with E-state index in [0.717, 1.165) is 17.7 Å². The first kappa shape index (κ1) is 20.9. The summed E-state index contributed by atoms with van der Waals surface area (Å²) in [6.45, 7) is 0.522. The van der Waals surface area contributed by atoms with Gasteiger partial charge in [-0.05, 0) is 23.8 Å². The molecule has 2 aromatic carbocycles. The van der Waals surface area contributed by atoms with Gasteiger partial charge in [0.25, 0.3) is 0 Å². The van der Waals surface area contributed by atoms with Gasteiger partial charge < -0.3 is 5.11 Å². The molecular formula is C21H19ClF2N4O. The molecule has 29 heavy (non-hydrogen) atoms. The molecular weight excluding hydrogens is 398 g/mol. The summed E-state index contributed by atoms with van der Waals surface area (Å²) in [5.74, 6) is 0.983. The SMILES string of the molecule is C#CCN(Cc1ccc(Cl)cc1)CC(O)(Cn1cncn1)c1ccc(F)cc1F. The molecule has 1 heterocycles. The summed E-state index contributed by atoms with van der Waals surface area (Å²) in [6, 6.07) is 10.3. The number of aromatic nitrogens is 3. The molecule has 1 unspecified atom stereocenters. The fourth-order valence-electron chi connectivity index (χ4n) is 3.18. The molecule has 1 aromatic heterocycles. The molecule has 0 saturated carbocycles. The topological polar surface area (TPSA) is 54.2 Å². The number of rotatable bonds is 8. The highest BCUT2D eigenvalue weighted by molar-refractivity contribution is 6.30. The lowest BCUT2D eigenvalue weighted by Crippen LogP contribution is -2.44. The van der Waals surface area contributed by atoms with E-state index in [1.54, 1.807) is 17.0 Å². The van der Waals surface area contributed by atoms with E-state index in [4.69, 9.17) is 18.0 Å². The van der Waals surface area contributed by atoms with Crippen molar-refractivity contribution < 1.29 is 13.9 Å². The maximum Gasteiger partial charge on any atom is 0.137 e. The van der Waals surface area contributed by atoms with E-state index < -0.39 is 17.2 Å². The van der Waals surface area contributed by atoms with Crippen molar-refractivity contribution in [2.75, 3.05) is 13.1 Å². The number of terminal acetylenes is 1. The van der Waals surface area contributed by atoms with Crippen LogP contribution in [0.3, 0.4) is 0 Å². The van der Waals surface area contributed by atoms with Gasteiger partial charge in [0, 0.05) is 29.7 Å². The highest BCUT2D eigenvalue weighted by Gasteiger charge is 2.35. The first-order valence-corrected chi connectivity index (χ1v) is 9.18. The lowest BCUT2D eigenvalue weighted by atomic mass is 9.92. The van der Waals surface area contributed by atoms with Gasteiger partial charge >= 0.3 is 0 Å². The van der Waals surface area contributed by atoms with Gasteiger partial charge in [-0.1, -0.05) is 35.7 Å². The van der Waals surface area contributed by atoms with Gasteiger partial charge in [0.1, 0.15) is 29.9 Å². The first-order valence-electron chi connectivity index (χ1n) is 8.80. The van der Waals surface area contributed by atoms with Crippen LogP contribution in [0.4, 0.5) is 8.78 Å². The molecule has 0 bridgehead atoms. The smallest absolute Gasteiger partial charge is 0.137 e. The second-order valence-corrected chi connectivity index (χ2v) is 7.16. The minimum absolute atomic E-state index is 0.0117. The quantitative estimate of drug-likeness (QED) is 0.573. The maximum absolute atomic E-state index is 14.6. The molecule has 3 aromatic rings. The average Bonchev–Trinajstić information content (AvgIpc) is 3.16. The Morgan fingerprint density at radius 3 is 2.59 bits per heavy atom. The maximum atomic E-state index is 14.6. The number of hydrogen-bond acceptors (Lipinski definition) is 4. The first-order chi connectivity index (χ1) is 13.9. The molecule has 0 aliphatic rings. The Morgan fingerprint density at radius 1 is 1.21 bits per heavy atom. The van der Waals surface area contributed by atoms with Gasteiger partial charge in [0.15, 0.2) is 0 Å².